The number of carbonyl (C=O) groups is 1. The van der Waals surface area contributed by atoms with Crippen LogP contribution in [-0.4, -0.2) is 43.8 Å². The van der Waals surface area contributed by atoms with Gasteiger partial charge in [0.05, 0.1) is 13.1 Å². The second-order valence-corrected chi connectivity index (χ2v) is 7.02. The molecule has 0 fully saturated rings. The van der Waals surface area contributed by atoms with E-state index in [9.17, 15) is 13.6 Å². The van der Waals surface area contributed by atoms with Crippen molar-refractivity contribution in [3.05, 3.63) is 70.7 Å². The van der Waals surface area contributed by atoms with Gasteiger partial charge in [-0.15, -0.1) is 10.2 Å². The maximum atomic E-state index is 13.8. The molecule has 158 valence electrons. The molecule has 1 aromatic carbocycles. The summed E-state index contributed by atoms with van der Waals surface area (Å²) in [6.45, 7) is 2.56. The standard InChI is InChI=1S/C20H21F2N5O3/c21-15-2-1-3-16(22)19(15)20(29)23-10-18-25-24-17-6-7-26(8-9-27(17)18)11-13-4-5-14(12-28)30-13/h1-5,28H,6-12H2,(H,23,29). The van der Waals surface area contributed by atoms with Crippen LogP contribution in [0.15, 0.2) is 34.7 Å². The molecule has 4 rings (SSSR count). The number of aliphatic hydroxyl groups is 1. The molecule has 10 heteroatoms. The van der Waals surface area contributed by atoms with Gasteiger partial charge in [-0.3, -0.25) is 9.69 Å². The van der Waals surface area contributed by atoms with Gasteiger partial charge < -0.3 is 19.4 Å². The van der Waals surface area contributed by atoms with Crippen LogP contribution in [0.2, 0.25) is 0 Å². The van der Waals surface area contributed by atoms with Gasteiger partial charge in [-0.1, -0.05) is 6.07 Å². The van der Waals surface area contributed by atoms with Crippen molar-refractivity contribution >= 4 is 5.91 Å². The zero-order valence-electron chi connectivity index (χ0n) is 16.1. The number of furan rings is 1. The van der Waals surface area contributed by atoms with Crippen LogP contribution in [0.3, 0.4) is 0 Å². The Morgan fingerprint density at radius 1 is 1.10 bits per heavy atom. The zero-order chi connectivity index (χ0) is 21.1. The molecule has 3 heterocycles. The molecule has 2 aromatic heterocycles. The predicted molar refractivity (Wildman–Crippen MR) is 101 cm³/mol. The summed E-state index contributed by atoms with van der Waals surface area (Å²) in [5.41, 5.74) is -0.611. The molecule has 0 atom stereocenters. The molecule has 1 aliphatic rings. The molecule has 1 amide bonds. The van der Waals surface area contributed by atoms with Crippen molar-refractivity contribution in [2.75, 3.05) is 13.1 Å². The molecule has 0 unspecified atom stereocenters. The average Bonchev–Trinajstić information content (AvgIpc) is 3.29. The number of rotatable bonds is 6. The monoisotopic (exact) mass is 417 g/mol. The van der Waals surface area contributed by atoms with E-state index in [1.54, 1.807) is 6.07 Å². The van der Waals surface area contributed by atoms with E-state index >= 15 is 0 Å². The highest BCUT2D eigenvalue weighted by molar-refractivity contribution is 5.94. The van der Waals surface area contributed by atoms with Crippen LogP contribution in [0.1, 0.15) is 33.5 Å². The summed E-state index contributed by atoms with van der Waals surface area (Å²) in [4.78, 5) is 14.4. The van der Waals surface area contributed by atoms with Gasteiger partial charge in [0.2, 0.25) is 0 Å². The third-order valence-corrected chi connectivity index (χ3v) is 5.04. The lowest BCUT2D eigenvalue weighted by Crippen LogP contribution is -2.28. The van der Waals surface area contributed by atoms with Crippen molar-refractivity contribution in [3.8, 4) is 0 Å². The van der Waals surface area contributed by atoms with Crippen LogP contribution in [0.5, 0.6) is 0 Å². The van der Waals surface area contributed by atoms with Crippen LogP contribution in [0.25, 0.3) is 0 Å². The summed E-state index contributed by atoms with van der Waals surface area (Å²) in [5, 5.41) is 19.9. The van der Waals surface area contributed by atoms with Gasteiger partial charge in [0.1, 0.15) is 41.1 Å². The SMILES string of the molecule is O=C(NCc1nnc2n1CCN(Cc1ccc(CO)o1)CC2)c1c(F)cccc1F. The van der Waals surface area contributed by atoms with Gasteiger partial charge in [0.15, 0.2) is 5.82 Å². The molecule has 0 radical (unpaired) electrons. The number of aromatic nitrogens is 3. The average molecular weight is 417 g/mol. The maximum Gasteiger partial charge on any atom is 0.257 e. The van der Waals surface area contributed by atoms with Crippen LogP contribution in [0, 0.1) is 11.6 Å². The number of halogens is 2. The fourth-order valence-electron chi connectivity index (χ4n) is 3.49. The quantitative estimate of drug-likeness (QED) is 0.633. The maximum absolute atomic E-state index is 13.8. The van der Waals surface area contributed by atoms with Gasteiger partial charge >= 0.3 is 0 Å². The van der Waals surface area contributed by atoms with E-state index in [2.05, 4.69) is 20.4 Å². The first-order valence-electron chi connectivity index (χ1n) is 9.59. The number of amides is 1. The minimum Gasteiger partial charge on any atom is -0.462 e. The minimum atomic E-state index is -0.912. The van der Waals surface area contributed by atoms with E-state index in [4.69, 9.17) is 9.52 Å². The largest absolute Gasteiger partial charge is 0.462 e. The van der Waals surface area contributed by atoms with Crippen LogP contribution in [-0.2, 0) is 32.7 Å². The number of aliphatic hydroxyl groups excluding tert-OH is 1. The summed E-state index contributed by atoms with van der Waals surface area (Å²) in [7, 11) is 0. The van der Waals surface area contributed by atoms with Crippen molar-refractivity contribution in [3.63, 3.8) is 0 Å². The Morgan fingerprint density at radius 3 is 2.60 bits per heavy atom. The molecule has 2 N–H and O–H groups in total. The molecule has 0 saturated heterocycles. The molecule has 0 saturated carbocycles. The Morgan fingerprint density at radius 2 is 1.87 bits per heavy atom. The van der Waals surface area contributed by atoms with Crippen LogP contribution < -0.4 is 5.32 Å². The minimum absolute atomic E-state index is 0.0116. The Bertz CT molecular complexity index is 1030. The zero-order valence-corrected chi connectivity index (χ0v) is 16.1. The number of carbonyl (C=O) groups excluding carboxylic acids is 1. The third kappa shape index (κ3) is 4.24. The lowest BCUT2D eigenvalue weighted by atomic mass is 10.2. The Kier molecular flexibility index (Phi) is 5.86. The molecule has 0 bridgehead atoms. The Hall–Kier alpha value is -3.11. The fraction of sp³-hybridized carbons (Fsp3) is 0.350. The molecule has 30 heavy (non-hydrogen) atoms. The highest BCUT2D eigenvalue weighted by Gasteiger charge is 2.21. The van der Waals surface area contributed by atoms with Crippen LogP contribution >= 0.6 is 0 Å². The molecule has 8 nitrogen and oxygen atoms in total. The lowest BCUT2D eigenvalue weighted by Gasteiger charge is -2.18. The highest BCUT2D eigenvalue weighted by atomic mass is 19.1. The first kappa shape index (κ1) is 20.2. The number of benzene rings is 1. The second-order valence-electron chi connectivity index (χ2n) is 7.02. The van der Waals surface area contributed by atoms with E-state index in [1.807, 2.05) is 10.6 Å². The van der Waals surface area contributed by atoms with Crippen molar-refractivity contribution in [2.45, 2.75) is 32.7 Å². The number of nitrogens with zero attached hydrogens (tertiary/aromatic N) is 4. The Labute approximate surface area is 171 Å². The predicted octanol–water partition coefficient (Wildman–Crippen LogP) is 1.63. The molecule has 0 aliphatic carbocycles. The van der Waals surface area contributed by atoms with Crippen molar-refractivity contribution < 1.29 is 23.1 Å². The summed E-state index contributed by atoms with van der Waals surface area (Å²) in [6.07, 6.45) is 0.663. The molecular formula is C20H21F2N5O3. The number of fused-ring (bicyclic) bond motifs is 1. The number of hydrogen-bond acceptors (Lipinski definition) is 6. The van der Waals surface area contributed by atoms with Crippen LogP contribution in [0.4, 0.5) is 8.78 Å². The molecule has 1 aliphatic heterocycles. The Balaban J connectivity index is 1.38. The molecule has 3 aromatic rings. The lowest BCUT2D eigenvalue weighted by molar-refractivity contribution is 0.0941. The fourth-order valence-corrected chi connectivity index (χ4v) is 3.49. The smallest absolute Gasteiger partial charge is 0.257 e. The number of hydrogen-bond donors (Lipinski definition) is 2. The van der Waals surface area contributed by atoms with E-state index < -0.39 is 23.1 Å². The van der Waals surface area contributed by atoms with Crippen molar-refractivity contribution in [1.29, 1.82) is 0 Å². The summed E-state index contributed by atoms with van der Waals surface area (Å²) in [6, 6.07) is 6.88. The first-order chi connectivity index (χ1) is 14.5. The molecular weight excluding hydrogens is 396 g/mol. The van der Waals surface area contributed by atoms with Gasteiger partial charge in [-0.25, -0.2) is 8.78 Å². The number of nitrogens with one attached hydrogen (secondary N) is 1. The van der Waals surface area contributed by atoms with Crippen molar-refractivity contribution in [2.24, 2.45) is 0 Å². The summed E-state index contributed by atoms with van der Waals surface area (Å²) in [5.74, 6) is -0.0455. The van der Waals surface area contributed by atoms with E-state index in [0.29, 0.717) is 37.6 Å². The van der Waals surface area contributed by atoms with E-state index in [0.717, 1.165) is 30.3 Å². The topological polar surface area (TPSA) is 96.4 Å². The second kappa shape index (κ2) is 8.72. The molecule has 0 spiro atoms. The van der Waals surface area contributed by atoms with Gasteiger partial charge in [0.25, 0.3) is 5.91 Å². The third-order valence-electron chi connectivity index (χ3n) is 5.04. The summed E-state index contributed by atoms with van der Waals surface area (Å²) < 4.78 is 35.0. The van der Waals surface area contributed by atoms with Crippen molar-refractivity contribution in [1.82, 2.24) is 25.0 Å². The highest BCUT2D eigenvalue weighted by Crippen LogP contribution is 2.15. The van der Waals surface area contributed by atoms with E-state index in [1.165, 1.54) is 6.07 Å². The van der Waals surface area contributed by atoms with E-state index in [-0.39, 0.29) is 13.2 Å². The van der Waals surface area contributed by atoms with Gasteiger partial charge in [0, 0.05) is 26.1 Å². The first-order valence-corrected chi connectivity index (χ1v) is 9.59. The normalized spacial score (nSPS) is 14.4. The van der Waals surface area contributed by atoms with Gasteiger partial charge in [-0.05, 0) is 24.3 Å². The summed E-state index contributed by atoms with van der Waals surface area (Å²) >= 11 is 0. The van der Waals surface area contributed by atoms with Gasteiger partial charge in [-0.2, -0.15) is 0 Å².